The monoisotopic (exact) mass is 345 g/mol. The predicted molar refractivity (Wildman–Crippen MR) is 109 cm³/mol. The van der Waals surface area contributed by atoms with Gasteiger partial charge in [-0.2, -0.15) is 0 Å². The number of para-hydroxylation sites is 1. The molecule has 1 aliphatic heterocycles. The third-order valence-electron chi connectivity index (χ3n) is 6.93. The molecule has 3 atom stereocenters. The van der Waals surface area contributed by atoms with E-state index in [0.717, 1.165) is 28.4 Å². The highest BCUT2D eigenvalue weighted by Gasteiger charge is 2.44. The summed E-state index contributed by atoms with van der Waals surface area (Å²) in [5.41, 5.74) is 7.54. The van der Waals surface area contributed by atoms with E-state index in [9.17, 15) is 0 Å². The van der Waals surface area contributed by atoms with Crippen molar-refractivity contribution < 1.29 is 0 Å². The fraction of sp³-hybridized carbons (Fsp3) is 0.391. The van der Waals surface area contributed by atoms with E-state index in [-0.39, 0.29) is 0 Å². The quantitative estimate of drug-likeness (QED) is 0.688. The second kappa shape index (κ2) is 5.29. The van der Waals surface area contributed by atoms with Crippen LogP contribution in [0.25, 0.3) is 10.9 Å². The first-order chi connectivity index (χ1) is 12.4. The maximum Gasteiger partial charge on any atom is 0.0701 e. The number of rotatable bonds is 2. The number of hydrogen-bond donors (Lipinski definition) is 3. The molecular weight excluding hydrogens is 318 g/mol. The zero-order chi connectivity index (χ0) is 18.1. The Bertz CT molecular complexity index is 972. The van der Waals surface area contributed by atoms with E-state index in [1.807, 2.05) is 6.20 Å². The Morgan fingerprint density at radius 1 is 1.23 bits per heavy atom. The van der Waals surface area contributed by atoms with Crippen molar-refractivity contribution in [1.82, 2.24) is 10.3 Å². The molecule has 1 fully saturated rings. The minimum atomic E-state index is 0.414. The number of hydrogen-bond acceptors (Lipinski definition) is 2. The van der Waals surface area contributed by atoms with Gasteiger partial charge in [0.25, 0.3) is 0 Å². The Hall–Kier alpha value is -2.42. The molecule has 3 N–H and O–H groups in total. The molecule has 0 amide bonds. The molecule has 2 heterocycles. The molecule has 2 unspecified atom stereocenters. The Morgan fingerprint density at radius 2 is 2.04 bits per heavy atom. The molecule has 3 aliphatic rings. The number of benzene rings is 1. The van der Waals surface area contributed by atoms with E-state index in [4.69, 9.17) is 0 Å². The molecule has 1 saturated carbocycles. The molecule has 1 aromatic heterocycles. The second-order valence-corrected chi connectivity index (χ2v) is 8.93. The van der Waals surface area contributed by atoms with Crippen molar-refractivity contribution in [2.24, 2.45) is 17.3 Å². The van der Waals surface area contributed by atoms with Gasteiger partial charge < -0.3 is 15.6 Å². The summed E-state index contributed by atoms with van der Waals surface area (Å²) in [5, 5.41) is 8.68. The first-order valence-electron chi connectivity index (χ1n) is 9.70. The van der Waals surface area contributed by atoms with Crippen LogP contribution in [0.15, 0.2) is 65.7 Å². The highest BCUT2D eigenvalue weighted by molar-refractivity contribution is 5.94. The molecule has 3 nitrogen and oxygen atoms in total. The average molecular weight is 345 g/mol. The third kappa shape index (κ3) is 2.19. The van der Waals surface area contributed by atoms with Gasteiger partial charge in [-0.3, -0.25) is 0 Å². The normalized spacial score (nSPS) is 29.4. The third-order valence-corrected chi connectivity index (χ3v) is 6.93. The molecule has 0 spiro atoms. The molecular formula is C23H27N3. The number of nitrogens with one attached hydrogen (secondary N) is 3. The highest BCUT2D eigenvalue weighted by Crippen LogP contribution is 2.50. The minimum Gasteiger partial charge on any atom is -0.380 e. The Balaban J connectivity index is 1.47. The highest BCUT2D eigenvalue weighted by atomic mass is 15.0. The van der Waals surface area contributed by atoms with E-state index in [1.54, 1.807) is 0 Å². The van der Waals surface area contributed by atoms with Crippen LogP contribution in [-0.2, 0) is 0 Å². The first-order valence-corrected chi connectivity index (χ1v) is 9.70. The first kappa shape index (κ1) is 15.8. The van der Waals surface area contributed by atoms with Crippen LogP contribution < -0.4 is 10.6 Å². The van der Waals surface area contributed by atoms with Gasteiger partial charge in [0.1, 0.15) is 0 Å². The number of aromatic amines is 1. The van der Waals surface area contributed by atoms with Gasteiger partial charge in [0.2, 0.25) is 0 Å². The van der Waals surface area contributed by atoms with Gasteiger partial charge in [0.15, 0.2) is 0 Å². The molecule has 1 aromatic carbocycles. The molecule has 0 bridgehead atoms. The fourth-order valence-corrected chi connectivity index (χ4v) is 4.86. The maximum atomic E-state index is 4.34. The van der Waals surface area contributed by atoms with Crippen LogP contribution in [0.5, 0.6) is 0 Å². The van der Waals surface area contributed by atoms with Crippen LogP contribution >= 0.6 is 0 Å². The summed E-state index contributed by atoms with van der Waals surface area (Å²) in [5.74, 6) is 1.35. The number of H-pyrrole nitrogens is 1. The molecule has 2 aliphatic carbocycles. The lowest BCUT2D eigenvalue weighted by molar-refractivity contribution is 0.0957. The lowest BCUT2D eigenvalue weighted by Crippen LogP contribution is -2.50. The van der Waals surface area contributed by atoms with Crippen molar-refractivity contribution in [2.45, 2.75) is 39.7 Å². The summed E-state index contributed by atoms with van der Waals surface area (Å²) in [4.78, 5) is 3.34. The molecule has 0 radical (unpaired) electrons. The fourth-order valence-electron chi connectivity index (χ4n) is 4.86. The van der Waals surface area contributed by atoms with Crippen LogP contribution in [0.1, 0.15) is 33.6 Å². The summed E-state index contributed by atoms with van der Waals surface area (Å²) in [7, 11) is 0. The van der Waals surface area contributed by atoms with Gasteiger partial charge >= 0.3 is 0 Å². The number of anilines is 1. The van der Waals surface area contributed by atoms with Gasteiger partial charge in [-0.05, 0) is 36.2 Å². The Labute approximate surface area is 155 Å². The maximum absolute atomic E-state index is 4.34. The SMILES string of the molecule is C=C1C2=C[C@@H]3CC(C)(C)C(C)CC3NC2=C1Nc1c[nH]c2ccccc12. The Kier molecular flexibility index (Phi) is 3.22. The second-order valence-electron chi connectivity index (χ2n) is 8.93. The summed E-state index contributed by atoms with van der Waals surface area (Å²) >= 11 is 0. The van der Waals surface area contributed by atoms with Crippen molar-refractivity contribution in [1.29, 1.82) is 0 Å². The molecule has 5 rings (SSSR count). The van der Waals surface area contributed by atoms with E-state index >= 15 is 0 Å². The molecule has 134 valence electrons. The van der Waals surface area contributed by atoms with Crippen molar-refractivity contribution in [2.75, 3.05) is 5.32 Å². The topological polar surface area (TPSA) is 39.8 Å². The summed E-state index contributed by atoms with van der Waals surface area (Å²) < 4.78 is 0. The van der Waals surface area contributed by atoms with E-state index in [1.165, 1.54) is 29.5 Å². The van der Waals surface area contributed by atoms with Gasteiger partial charge in [0.05, 0.1) is 17.1 Å². The van der Waals surface area contributed by atoms with E-state index < -0.39 is 0 Å². The van der Waals surface area contributed by atoms with Crippen LogP contribution in [0.3, 0.4) is 0 Å². The number of fused-ring (bicyclic) bond motifs is 3. The van der Waals surface area contributed by atoms with Crippen LogP contribution in [0.2, 0.25) is 0 Å². The van der Waals surface area contributed by atoms with E-state index in [2.05, 4.69) is 73.3 Å². The zero-order valence-electron chi connectivity index (χ0n) is 15.8. The number of aromatic nitrogens is 1. The van der Waals surface area contributed by atoms with Crippen LogP contribution in [0.4, 0.5) is 5.69 Å². The number of allylic oxidation sites excluding steroid dienone is 2. The molecule has 0 saturated heterocycles. The average Bonchev–Trinajstić information content (AvgIpc) is 3.03. The summed E-state index contributed by atoms with van der Waals surface area (Å²) in [6.45, 7) is 11.6. The largest absolute Gasteiger partial charge is 0.380 e. The predicted octanol–water partition coefficient (Wildman–Crippen LogP) is 5.33. The summed E-state index contributed by atoms with van der Waals surface area (Å²) in [6.07, 6.45) is 7.01. The van der Waals surface area contributed by atoms with Gasteiger partial charge in [-0.25, -0.2) is 0 Å². The van der Waals surface area contributed by atoms with Crippen molar-refractivity contribution in [3.05, 3.63) is 65.7 Å². The van der Waals surface area contributed by atoms with Crippen molar-refractivity contribution >= 4 is 16.6 Å². The van der Waals surface area contributed by atoms with E-state index in [0.29, 0.717) is 17.4 Å². The Morgan fingerprint density at radius 3 is 2.88 bits per heavy atom. The molecule has 3 heteroatoms. The van der Waals surface area contributed by atoms with Crippen LogP contribution in [0, 0.1) is 17.3 Å². The minimum absolute atomic E-state index is 0.414. The van der Waals surface area contributed by atoms with Crippen molar-refractivity contribution in [3.8, 4) is 0 Å². The van der Waals surface area contributed by atoms with Gasteiger partial charge in [0, 0.05) is 34.3 Å². The lowest BCUT2D eigenvalue weighted by Gasteiger charge is -2.49. The van der Waals surface area contributed by atoms with Gasteiger partial charge in [-0.15, -0.1) is 0 Å². The molecule has 26 heavy (non-hydrogen) atoms. The smallest absolute Gasteiger partial charge is 0.0701 e. The van der Waals surface area contributed by atoms with Gasteiger partial charge in [-0.1, -0.05) is 51.6 Å². The van der Waals surface area contributed by atoms with Crippen molar-refractivity contribution in [3.63, 3.8) is 0 Å². The zero-order valence-corrected chi connectivity index (χ0v) is 15.8. The molecule has 2 aromatic rings. The van der Waals surface area contributed by atoms with Crippen LogP contribution in [-0.4, -0.2) is 11.0 Å². The summed E-state index contributed by atoms with van der Waals surface area (Å²) in [6, 6.07) is 8.93. The lowest BCUT2D eigenvalue weighted by atomic mass is 9.62. The standard InChI is InChI=1S/C23H27N3/c1-13-9-19-15(11-23(13,3)4)10-17-14(2)21(22(17)25-19)26-20-12-24-18-8-6-5-7-16(18)20/h5-8,10,12-13,15,19,24-26H,2,9,11H2,1,3-4H3/t13?,15-,19?/m1/s1.